The molecule has 1 fully saturated rings. The van der Waals surface area contributed by atoms with Crippen LogP contribution in [0.25, 0.3) is 0 Å². The molecule has 2 unspecified atom stereocenters. The molecule has 0 radical (unpaired) electrons. The summed E-state index contributed by atoms with van der Waals surface area (Å²) in [6.45, 7) is -0.463. The lowest BCUT2D eigenvalue weighted by Crippen LogP contribution is -2.24. The average Bonchev–Trinajstić information content (AvgIpc) is 2.56. The first-order valence-corrected chi connectivity index (χ1v) is 4.95. The summed E-state index contributed by atoms with van der Waals surface area (Å²) in [5, 5.41) is 0. The van der Waals surface area contributed by atoms with Gasteiger partial charge in [0.1, 0.15) is 0 Å². The lowest BCUT2D eigenvalue weighted by atomic mass is 9.96. The lowest BCUT2D eigenvalue weighted by Gasteiger charge is -2.23. The number of nitrogens with zero attached hydrogens (tertiary/aromatic N) is 2. The minimum atomic E-state index is -0.463. The van der Waals surface area contributed by atoms with E-state index in [2.05, 4.69) is 4.98 Å². The highest BCUT2D eigenvalue weighted by atomic mass is 19.1. The molecule has 0 aliphatic carbocycles. The molecule has 2 rings (SSSR count). The number of likely N-dealkylation sites (tertiary alicyclic amines) is 1. The lowest BCUT2D eigenvalue weighted by molar-refractivity contribution is -0.127. The Bertz CT molecular complexity index is 355. The maximum Gasteiger partial charge on any atom is 0.223 e. The van der Waals surface area contributed by atoms with Crippen LogP contribution in [0.2, 0.25) is 0 Å². The maximum atomic E-state index is 12.8. The molecule has 0 bridgehead atoms. The van der Waals surface area contributed by atoms with Gasteiger partial charge in [0.25, 0.3) is 0 Å². The summed E-state index contributed by atoms with van der Waals surface area (Å²) < 4.78 is 12.8. The Kier molecular flexibility index (Phi) is 2.66. The Morgan fingerprint density at radius 2 is 2.47 bits per heavy atom. The number of alkyl halides is 1. The second-order valence-electron chi connectivity index (χ2n) is 3.85. The van der Waals surface area contributed by atoms with Crippen molar-refractivity contribution in [2.45, 2.75) is 12.5 Å². The smallest absolute Gasteiger partial charge is 0.223 e. The van der Waals surface area contributed by atoms with Crippen LogP contribution in [0, 0.1) is 5.92 Å². The highest BCUT2D eigenvalue weighted by molar-refractivity contribution is 5.79. The highest BCUT2D eigenvalue weighted by Gasteiger charge is 2.38. The molecule has 3 nitrogen and oxygen atoms in total. The van der Waals surface area contributed by atoms with Crippen molar-refractivity contribution in [3.63, 3.8) is 0 Å². The van der Waals surface area contributed by atoms with Gasteiger partial charge in [-0.3, -0.25) is 14.2 Å². The fourth-order valence-corrected chi connectivity index (χ4v) is 2.14. The van der Waals surface area contributed by atoms with E-state index >= 15 is 0 Å². The quantitative estimate of drug-likeness (QED) is 0.739. The SMILES string of the molecule is CN1C(=O)CC(CF)C1c1cccnc1. The highest BCUT2D eigenvalue weighted by Crippen LogP contribution is 2.36. The van der Waals surface area contributed by atoms with E-state index in [-0.39, 0.29) is 17.9 Å². The summed E-state index contributed by atoms with van der Waals surface area (Å²) in [6, 6.07) is 3.53. The summed E-state index contributed by atoms with van der Waals surface area (Å²) in [5.41, 5.74) is 0.911. The van der Waals surface area contributed by atoms with Gasteiger partial charge in [0.2, 0.25) is 5.91 Å². The zero-order valence-corrected chi connectivity index (χ0v) is 8.56. The minimum absolute atomic E-state index is 0.00602. The second kappa shape index (κ2) is 3.96. The van der Waals surface area contributed by atoms with Gasteiger partial charge in [0, 0.05) is 31.8 Å². The van der Waals surface area contributed by atoms with Crippen molar-refractivity contribution in [1.29, 1.82) is 0 Å². The number of hydrogen-bond donors (Lipinski definition) is 0. The van der Waals surface area contributed by atoms with Crippen molar-refractivity contribution in [1.82, 2.24) is 9.88 Å². The third-order valence-corrected chi connectivity index (χ3v) is 2.92. The molecule has 2 heterocycles. The average molecular weight is 208 g/mol. The van der Waals surface area contributed by atoms with Crippen molar-refractivity contribution in [3.05, 3.63) is 30.1 Å². The summed E-state index contributed by atoms with van der Waals surface area (Å²) in [6.07, 6.45) is 3.67. The Morgan fingerprint density at radius 1 is 1.67 bits per heavy atom. The summed E-state index contributed by atoms with van der Waals surface area (Å²) in [5.74, 6) is -0.224. The molecule has 15 heavy (non-hydrogen) atoms. The zero-order valence-electron chi connectivity index (χ0n) is 8.56. The number of aromatic nitrogens is 1. The fourth-order valence-electron chi connectivity index (χ4n) is 2.14. The third-order valence-electron chi connectivity index (χ3n) is 2.92. The summed E-state index contributed by atoms with van der Waals surface area (Å²) in [7, 11) is 1.72. The molecule has 1 aliphatic rings. The molecule has 4 heteroatoms. The van der Waals surface area contributed by atoms with Gasteiger partial charge in [0.05, 0.1) is 12.7 Å². The number of rotatable bonds is 2. The van der Waals surface area contributed by atoms with Crippen molar-refractivity contribution in [2.75, 3.05) is 13.7 Å². The van der Waals surface area contributed by atoms with Gasteiger partial charge in [-0.15, -0.1) is 0 Å². The summed E-state index contributed by atoms with van der Waals surface area (Å²) >= 11 is 0. The fraction of sp³-hybridized carbons (Fsp3) is 0.455. The monoisotopic (exact) mass is 208 g/mol. The topological polar surface area (TPSA) is 33.2 Å². The predicted octanol–water partition coefficient (Wildman–Crippen LogP) is 1.57. The number of halogens is 1. The van der Waals surface area contributed by atoms with E-state index in [1.807, 2.05) is 6.07 Å². The molecule has 0 aromatic carbocycles. The van der Waals surface area contributed by atoms with E-state index < -0.39 is 6.67 Å². The Balaban J connectivity index is 2.30. The van der Waals surface area contributed by atoms with Gasteiger partial charge >= 0.3 is 0 Å². The normalized spacial score (nSPS) is 26.0. The van der Waals surface area contributed by atoms with Crippen LogP contribution in [-0.4, -0.2) is 29.5 Å². The molecule has 1 amide bonds. The predicted molar refractivity (Wildman–Crippen MR) is 53.8 cm³/mol. The van der Waals surface area contributed by atoms with E-state index in [0.717, 1.165) is 5.56 Å². The van der Waals surface area contributed by atoms with Crippen molar-refractivity contribution in [3.8, 4) is 0 Å². The van der Waals surface area contributed by atoms with Gasteiger partial charge in [-0.2, -0.15) is 0 Å². The van der Waals surface area contributed by atoms with Crippen LogP contribution in [-0.2, 0) is 4.79 Å². The molecular weight excluding hydrogens is 195 g/mol. The standard InChI is InChI=1S/C11H13FN2O/c1-14-10(15)5-9(6-12)11(14)8-3-2-4-13-7-8/h2-4,7,9,11H,5-6H2,1H3. The molecule has 80 valence electrons. The van der Waals surface area contributed by atoms with Crippen molar-refractivity contribution < 1.29 is 9.18 Å². The Labute approximate surface area is 87.9 Å². The molecule has 1 saturated heterocycles. The van der Waals surface area contributed by atoms with Gasteiger partial charge < -0.3 is 4.90 Å². The van der Waals surface area contributed by atoms with Gasteiger partial charge in [-0.1, -0.05) is 6.07 Å². The Hall–Kier alpha value is -1.45. The van der Waals surface area contributed by atoms with Crippen molar-refractivity contribution >= 4 is 5.91 Å². The molecule has 2 atom stereocenters. The first kappa shape index (κ1) is 10.1. The van der Waals surface area contributed by atoms with E-state index in [0.29, 0.717) is 6.42 Å². The zero-order chi connectivity index (χ0) is 10.8. The number of pyridine rings is 1. The Morgan fingerprint density at radius 3 is 3.07 bits per heavy atom. The third kappa shape index (κ3) is 1.71. The van der Waals surface area contributed by atoms with Crippen LogP contribution >= 0.6 is 0 Å². The van der Waals surface area contributed by atoms with E-state index in [1.54, 1.807) is 30.4 Å². The first-order chi connectivity index (χ1) is 7.24. The molecule has 1 aliphatic heterocycles. The first-order valence-electron chi connectivity index (χ1n) is 4.95. The van der Waals surface area contributed by atoms with Gasteiger partial charge in [-0.25, -0.2) is 0 Å². The molecule has 0 saturated carbocycles. The van der Waals surface area contributed by atoms with E-state index in [4.69, 9.17) is 0 Å². The molecule has 1 aromatic heterocycles. The number of carbonyl (C=O) groups excluding carboxylic acids is 1. The summed E-state index contributed by atoms with van der Waals surface area (Å²) in [4.78, 5) is 17.1. The largest absolute Gasteiger partial charge is 0.338 e. The van der Waals surface area contributed by atoms with Crippen molar-refractivity contribution in [2.24, 2.45) is 5.92 Å². The molecule has 1 aromatic rings. The molecular formula is C11H13FN2O. The van der Waals surface area contributed by atoms with Crippen LogP contribution < -0.4 is 0 Å². The van der Waals surface area contributed by atoms with Crippen LogP contribution in [0.4, 0.5) is 4.39 Å². The van der Waals surface area contributed by atoms with Gasteiger partial charge in [0.15, 0.2) is 0 Å². The molecule has 0 spiro atoms. The minimum Gasteiger partial charge on any atom is -0.338 e. The van der Waals surface area contributed by atoms with E-state index in [9.17, 15) is 9.18 Å². The molecule has 0 N–H and O–H groups in total. The van der Waals surface area contributed by atoms with E-state index in [1.165, 1.54) is 0 Å². The van der Waals surface area contributed by atoms with Crippen LogP contribution in [0.1, 0.15) is 18.0 Å². The maximum absolute atomic E-state index is 12.8. The van der Waals surface area contributed by atoms with Gasteiger partial charge in [-0.05, 0) is 11.6 Å². The van der Waals surface area contributed by atoms with Crippen LogP contribution in [0.3, 0.4) is 0 Å². The van der Waals surface area contributed by atoms with Crippen LogP contribution in [0.15, 0.2) is 24.5 Å². The number of amides is 1. The number of carbonyl (C=O) groups is 1. The van der Waals surface area contributed by atoms with Crippen LogP contribution in [0.5, 0.6) is 0 Å². The second-order valence-corrected chi connectivity index (χ2v) is 3.85. The number of hydrogen-bond acceptors (Lipinski definition) is 2.